The van der Waals surface area contributed by atoms with Crippen molar-refractivity contribution in [1.29, 1.82) is 0 Å². The Morgan fingerprint density at radius 3 is 2.25 bits per heavy atom. The van der Waals surface area contributed by atoms with Gasteiger partial charge >= 0.3 is 12.1 Å². The maximum absolute atomic E-state index is 14.1. The van der Waals surface area contributed by atoms with Crippen LogP contribution in [0.4, 0.5) is 4.79 Å². The van der Waals surface area contributed by atoms with E-state index in [9.17, 15) is 24.0 Å². The van der Waals surface area contributed by atoms with Crippen molar-refractivity contribution >= 4 is 29.8 Å². The number of nitrogens with one attached hydrogen (secondary N) is 2. The summed E-state index contributed by atoms with van der Waals surface area (Å²) in [6.45, 7) is 13.0. The first-order valence-corrected chi connectivity index (χ1v) is 13.8. The number of rotatable bonds is 15. The molecule has 0 aliphatic carbocycles. The van der Waals surface area contributed by atoms with Gasteiger partial charge in [0.15, 0.2) is 0 Å². The minimum atomic E-state index is -1.17. The normalized spacial score (nSPS) is 12.6. The Kier molecular flexibility index (Phi) is 14.2. The fourth-order valence-corrected chi connectivity index (χ4v) is 3.91. The Morgan fingerprint density at radius 2 is 1.70 bits per heavy atom. The molecular weight excluding hydrogens is 516 g/mol. The Labute approximate surface area is 237 Å². The zero-order valence-electron chi connectivity index (χ0n) is 24.9. The Morgan fingerprint density at radius 1 is 1.02 bits per heavy atom. The van der Waals surface area contributed by atoms with Crippen LogP contribution in [-0.2, 0) is 28.7 Å². The highest BCUT2D eigenvalue weighted by Crippen LogP contribution is 2.26. The van der Waals surface area contributed by atoms with E-state index in [1.165, 1.54) is 4.90 Å². The molecule has 4 amide bonds. The first kappa shape index (κ1) is 34.4. The van der Waals surface area contributed by atoms with Crippen LogP contribution in [0.3, 0.4) is 0 Å². The SMILES string of the molecule is CCCCN(C(=O)C(CCC(N)=O)NC(=O)OC(C)(C)C)C(C(=O)NCCC(=O)OCC)c1ccc(C)c(C)c1. The minimum absolute atomic E-state index is 0.0239. The number of hydrogen-bond acceptors (Lipinski definition) is 7. The van der Waals surface area contributed by atoms with E-state index in [1.807, 2.05) is 32.9 Å². The first-order valence-electron chi connectivity index (χ1n) is 13.8. The van der Waals surface area contributed by atoms with Gasteiger partial charge in [-0.3, -0.25) is 19.2 Å². The molecule has 0 spiro atoms. The van der Waals surface area contributed by atoms with Crippen LogP contribution in [0.2, 0.25) is 0 Å². The topological polar surface area (TPSA) is 157 Å². The minimum Gasteiger partial charge on any atom is -0.466 e. The van der Waals surface area contributed by atoms with E-state index < -0.39 is 47.5 Å². The summed E-state index contributed by atoms with van der Waals surface area (Å²) in [7, 11) is 0. The van der Waals surface area contributed by atoms with Crippen molar-refractivity contribution in [2.75, 3.05) is 19.7 Å². The van der Waals surface area contributed by atoms with Gasteiger partial charge in [0.05, 0.1) is 13.0 Å². The summed E-state index contributed by atoms with van der Waals surface area (Å²) in [4.78, 5) is 65.1. The summed E-state index contributed by atoms with van der Waals surface area (Å²) in [5.41, 5.74) is 7.06. The van der Waals surface area contributed by atoms with Crippen molar-refractivity contribution in [2.45, 2.75) is 98.3 Å². The molecule has 0 saturated carbocycles. The van der Waals surface area contributed by atoms with Crippen molar-refractivity contribution in [1.82, 2.24) is 15.5 Å². The van der Waals surface area contributed by atoms with Crippen LogP contribution in [0, 0.1) is 13.8 Å². The molecule has 1 aromatic rings. The van der Waals surface area contributed by atoms with Crippen molar-refractivity contribution < 1.29 is 33.4 Å². The number of aryl methyl sites for hydroxylation is 2. The molecule has 2 unspecified atom stereocenters. The van der Waals surface area contributed by atoms with Gasteiger partial charge in [0.2, 0.25) is 17.7 Å². The van der Waals surface area contributed by atoms with Crippen LogP contribution in [-0.4, -0.2) is 66.0 Å². The summed E-state index contributed by atoms with van der Waals surface area (Å²) < 4.78 is 10.3. The molecule has 0 aliphatic rings. The fourth-order valence-electron chi connectivity index (χ4n) is 3.91. The van der Waals surface area contributed by atoms with Crippen LogP contribution >= 0.6 is 0 Å². The first-order chi connectivity index (χ1) is 18.7. The van der Waals surface area contributed by atoms with E-state index in [-0.39, 0.29) is 39.0 Å². The van der Waals surface area contributed by atoms with Crippen LogP contribution in [0.1, 0.15) is 89.5 Å². The van der Waals surface area contributed by atoms with Crippen molar-refractivity contribution in [3.05, 3.63) is 34.9 Å². The highest BCUT2D eigenvalue weighted by molar-refractivity contribution is 5.92. The lowest BCUT2D eigenvalue weighted by Gasteiger charge is -2.34. The molecule has 11 nitrogen and oxygen atoms in total. The number of alkyl carbamates (subject to hydrolysis) is 1. The highest BCUT2D eigenvalue weighted by Gasteiger charge is 2.36. The predicted molar refractivity (Wildman–Crippen MR) is 151 cm³/mol. The fraction of sp³-hybridized carbons (Fsp3) is 0.621. The lowest BCUT2D eigenvalue weighted by Crippen LogP contribution is -2.53. The summed E-state index contributed by atoms with van der Waals surface area (Å²) in [5.74, 6) is -2.11. The van der Waals surface area contributed by atoms with Gasteiger partial charge in [0, 0.05) is 19.5 Å². The predicted octanol–water partition coefficient (Wildman–Crippen LogP) is 3.20. The van der Waals surface area contributed by atoms with Crippen molar-refractivity contribution in [3.8, 4) is 0 Å². The van der Waals surface area contributed by atoms with E-state index in [4.69, 9.17) is 15.2 Å². The van der Waals surface area contributed by atoms with E-state index >= 15 is 0 Å². The lowest BCUT2D eigenvalue weighted by atomic mass is 9.97. The van der Waals surface area contributed by atoms with Crippen molar-refractivity contribution in [2.24, 2.45) is 5.73 Å². The van der Waals surface area contributed by atoms with Gasteiger partial charge in [0.25, 0.3) is 0 Å². The second-order valence-electron chi connectivity index (χ2n) is 10.7. The maximum Gasteiger partial charge on any atom is 0.408 e. The molecule has 0 radical (unpaired) electrons. The molecule has 2 atom stereocenters. The number of amides is 4. The van der Waals surface area contributed by atoms with Crippen molar-refractivity contribution in [3.63, 3.8) is 0 Å². The Balaban J connectivity index is 3.47. The maximum atomic E-state index is 14.1. The third-order valence-corrected chi connectivity index (χ3v) is 6.04. The molecule has 0 bridgehead atoms. The average Bonchev–Trinajstić information content (AvgIpc) is 2.84. The molecule has 11 heteroatoms. The number of primary amides is 1. The Bertz CT molecular complexity index is 1040. The number of benzene rings is 1. The van der Waals surface area contributed by atoms with Gasteiger partial charge in [-0.05, 0) is 71.1 Å². The number of nitrogens with two attached hydrogens (primary N) is 1. The number of carbonyl (C=O) groups is 5. The molecule has 0 aromatic heterocycles. The van der Waals surface area contributed by atoms with E-state index in [0.29, 0.717) is 12.0 Å². The third kappa shape index (κ3) is 12.0. The molecule has 224 valence electrons. The van der Waals surface area contributed by atoms with Gasteiger partial charge < -0.3 is 30.7 Å². The lowest BCUT2D eigenvalue weighted by molar-refractivity contribution is -0.144. The standard InChI is InChI=1S/C29H46N4O7/c1-8-10-17-33(27(37)22(13-14-23(30)34)32-28(38)40-29(5,6)7)25(21-12-11-19(3)20(4)18-21)26(36)31-16-15-24(35)39-9-2/h11-12,18,22,25H,8-10,13-17H2,1-7H3,(H2,30,34)(H,31,36)(H,32,38). The molecular formula is C29H46N4O7. The van der Waals surface area contributed by atoms with Gasteiger partial charge in [0.1, 0.15) is 17.7 Å². The largest absolute Gasteiger partial charge is 0.466 e. The highest BCUT2D eigenvalue weighted by atomic mass is 16.6. The quantitative estimate of drug-likeness (QED) is 0.277. The third-order valence-electron chi connectivity index (χ3n) is 6.04. The zero-order chi connectivity index (χ0) is 30.5. The molecule has 0 fully saturated rings. The van der Waals surface area contributed by atoms with E-state index in [1.54, 1.807) is 33.8 Å². The molecule has 1 rings (SSSR count). The monoisotopic (exact) mass is 562 g/mol. The molecule has 4 N–H and O–H groups in total. The second-order valence-corrected chi connectivity index (χ2v) is 10.7. The van der Waals surface area contributed by atoms with Gasteiger partial charge in [-0.15, -0.1) is 0 Å². The molecule has 1 aromatic carbocycles. The summed E-state index contributed by atoms with van der Waals surface area (Å²) in [5, 5.41) is 5.33. The van der Waals surface area contributed by atoms with Crippen LogP contribution < -0.4 is 16.4 Å². The van der Waals surface area contributed by atoms with Crippen LogP contribution in [0.25, 0.3) is 0 Å². The van der Waals surface area contributed by atoms with Gasteiger partial charge in [-0.2, -0.15) is 0 Å². The summed E-state index contributed by atoms with van der Waals surface area (Å²) in [6.07, 6.45) is 0.238. The number of hydrogen-bond donors (Lipinski definition) is 3. The number of nitrogens with zero attached hydrogens (tertiary/aromatic N) is 1. The van der Waals surface area contributed by atoms with Gasteiger partial charge in [-0.25, -0.2) is 4.79 Å². The van der Waals surface area contributed by atoms with E-state index in [0.717, 1.165) is 17.5 Å². The number of esters is 1. The molecule has 0 saturated heterocycles. The van der Waals surface area contributed by atoms with E-state index in [2.05, 4.69) is 10.6 Å². The zero-order valence-corrected chi connectivity index (χ0v) is 24.9. The summed E-state index contributed by atoms with van der Waals surface area (Å²) >= 11 is 0. The van der Waals surface area contributed by atoms with Crippen LogP contribution in [0.15, 0.2) is 18.2 Å². The van der Waals surface area contributed by atoms with Crippen LogP contribution in [0.5, 0.6) is 0 Å². The average molecular weight is 563 g/mol. The number of ether oxygens (including phenoxy) is 2. The Hall–Kier alpha value is -3.63. The smallest absolute Gasteiger partial charge is 0.408 e. The number of carbonyl (C=O) groups excluding carboxylic acids is 5. The molecule has 40 heavy (non-hydrogen) atoms. The summed E-state index contributed by atoms with van der Waals surface area (Å²) in [6, 6.07) is 3.27. The van der Waals surface area contributed by atoms with Gasteiger partial charge in [-0.1, -0.05) is 31.5 Å². The number of unbranched alkanes of at least 4 members (excludes halogenated alkanes) is 1. The molecule has 0 aliphatic heterocycles. The second kappa shape index (κ2) is 16.5. The molecule has 0 heterocycles.